The number of hydrogen-bond donors (Lipinski definition) is 1. The Hall–Kier alpha value is -2.44. The monoisotopic (exact) mass is 478 g/mol. The summed E-state index contributed by atoms with van der Waals surface area (Å²) in [5.74, 6) is -0.0750. The van der Waals surface area contributed by atoms with Gasteiger partial charge in [0.25, 0.3) is 5.91 Å². The summed E-state index contributed by atoms with van der Waals surface area (Å²) in [7, 11) is 0. The van der Waals surface area contributed by atoms with Gasteiger partial charge in [-0.3, -0.25) is 14.5 Å². The van der Waals surface area contributed by atoms with E-state index in [1.54, 1.807) is 17.0 Å². The van der Waals surface area contributed by atoms with Crippen molar-refractivity contribution in [3.05, 3.63) is 45.7 Å². The van der Waals surface area contributed by atoms with Crippen LogP contribution in [-0.2, 0) is 17.1 Å². The number of benzene rings is 1. The molecule has 0 saturated heterocycles. The van der Waals surface area contributed by atoms with Crippen LogP contribution in [0.1, 0.15) is 46.6 Å². The molecule has 8 nitrogen and oxygen atoms in total. The molecule has 3 aromatic rings. The highest BCUT2D eigenvalue weighted by Crippen LogP contribution is 2.37. The van der Waals surface area contributed by atoms with Gasteiger partial charge in [0.15, 0.2) is 4.34 Å². The lowest BCUT2D eigenvalue weighted by Crippen LogP contribution is -2.32. The first-order valence-electron chi connectivity index (χ1n) is 9.67. The molecule has 2 amide bonds. The standard InChI is InChI=1S/C19H19FN6O2S3/c1-2-15(27)26(13-7-8-13)18-24-25-19(31-18)29-10-14-22-23-17(30-14)16(28)21-9-11-3-5-12(20)6-4-11/h3-6,13H,2,7-10H2,1H3,(H,21,28). The maximum absolute atomic E-state index is 12.9. The predicted molar refractivity (Wildman–Crippen MR) is 118 cm³/mol. The van der Waals surface area contributed by atoms with Crippen LogP contribution in [0.15, 0.2) is 28.6 Å². The first kappa shape index (κ1) is 21.8. The average Bonchev–Trinajstić information content (AvgIpc) is 3.30. The highest BCUT2D eigenvalue weighted by atomic mass is 32.2. The predicted octanol–water partition coefficient (Wildman–Crippen LogP) is 3.66. The van der Waals surface area contributed by atoms with Crippen LogP contribution in [0.2, 0.25) is 0 Å². The highest BCUT2D eigenvalue weighted by Gasteiger charge is 2.35. The fraction of sp³-hybridized carbons (Fsp3) is 0.368. The summed E-state index contributed by atoms with van der Waals surface area (Å²) >= 11 is 4.05. The Morgan fingerprint density at radius 3 is 2.65 bits per heavy atom. The first-order chi connectivity index (χ1) is 15.0. The molecule has 2 heterocycles. The van der Waals surface area contributed by atoms with Gasteiger partial charge in [-0.1, -0.05) is 53.5 Å². The van der Waals surface area contributed by atoms with Gasteiger partial charge < -0.3 is 5.32 Å². The van der Waals surface area contributed by atoms with E-state index in [-0.39, 0.29) is 35.2 Å². The van der Waals surface area contributed by atoms with E-state index < -0.39 is 0 Å². The van der Waals surface area contributed by atoms with Crippen LogP contribution < -0.4 is 10.2 Å². The summed E-state index contributed by atoms with van der Waals surface area (Å²) in [5.41, 5.74) is 0.795. The van der Waals surface area contributed by atoms with Gasteiger partial charge in [0, 0.05) is 19.0 Å². The maximum Gasteiger partial charge on any atom is 0.282 e. The van der Waals surface area contributed by atoms with Crippen molar-refractivity contribution in [3.8, 4) is 0 Å². The van der Waals surface area contributed by atoms with Crippen LogP contribution in [0.5, 0.6) is 0 Å². The van der Waals surface area contributed by atoms with Crippen molar-refractivity contribution in [1.82, 2.24) is 25.7 Å². The van der Waals surface area contributed by atoms with E-state index in [0.29, 0.717) is 22.3 Å². The zero-order valence-electron chi connectivity index (χ0n) is 16.6. The van der Waals surface area contributed by atoms with Gasteiger partial charge in [-0.15, -0.1) is 20.4 Å². The van der Waals surface area contributed by atoms with Crippen LogP contribution in [0, 0.1) is 5.82 Å². The summed E-state index contributed by atoms with van der Waals surface area (Å²) in [6.45, 7) is 2.13. The maximum atomic E-state index is 12.9. The van der Waals surface area contributed by atoms with Gasteiger partial charge in [-0.25, -0.2) is 4.39 Å². The fourth-order valence-electron chi connectivity index (χ4n) is 2.72. The molecule has 12 heteroatoms. The number of aromatic nitrogens is 4. The smallest absolute Gasteiger partial charge is 0.282 e. The van der Waals surface area contributed by atoms with Crippen molar-refractivity contribution in [2.24, 2.45) is 0 Å². The summed E-state index contributed by atoms with van der Waals surface area (Å²) in [6.07, 6.45) is 2.45. The number of anilines is 1. The molecule has 0 bridgehead atoms. The molecule has 1 N–H and O–H groups in total. The van der Waals surface area contributed by atoms with Gasteiger partial charge in [0.2, 0.25) is 16.0 Å². The van der Waals surface area contributed by atoms with E-state index in [4.69, 9.17) is 0 Å². The van der Waals surface area contributed by atoms with Crippen molar-refractivity contribution in [1.29, 1.82) is 0 Å². The Morgan fingerprint density at radius 2 is 1.94 bits per heavy atom. The van der Waals surface area contributed by atoms with Crippen LogP contribution in [0.25, 0.3) is 0 Å². The lowest BCUT2D eigenvalue weighted by atomic mass is 10.2. The largest absolute Gasteiger partial charge is 0.346 e. The minimum absolute atomic E-state index is 0.0654. The first-order valence-corrected chi connectivity index (χ1v) is 12.3. The number of carbonyl (C=O) groups is 2. The lowest BCUT2D eigenvalue weighted by molar-refractivity contribution is -0.118. The SMILES string of the molecule is CCC(=O)N(c1nnc(SCc2nnc(C(=O)NCc3ccc(F)cc3)s2)s1)C1CC1. The van der Waals surface area contributed by atoms with Gasteiger partial charge >= 0.3 is 0 Å². The minimum Gasteiger partial charge on any atom is -0.346 e. The van der Waals surface area contributed by atoms with Crippen molar-refractivity contribution in [3.63, 3.8) is 0 Å². The van der Waals surface area contributed by atoms with Crippen molar-refractivity contribution < 1.29 is 14.0 Å². The molecular formula is C19H19FN6O2S3. The van der Waals surface area contributed by atoms with Crippen LogP contribution in [0.4, 0.5) is 9.52 Å². The molecule has 4 rings (SSSR count). The molecule has 1 saturated carbocycles. The normalized spacial score (nSPS) is 13.2. The van der Waals surface area contributed by atoms with E-state index in [9.17, 15) is 14.0 Å². The third-order valence-electron chi connectivity index (χ3n) is 4.43. The average molecular weight is 479 g/mol. The third-order valence-corrected chi connectivity index (χ3v) is 7.60. The zero-order valence-corrected chi connectivity index (χ0v) is 19.0. The molecule has 0 aliphatic heterocycles. The van der Waals surface area contributed by atoms with Crippen molar-refractivity contribution in [2.45, 2.75) is 48.9 Å². The molecule has 31 heavy (non-hydrogen) atoms. The molecule has 2 aromatic heterocycles. The van der Waals surface area contributed by atoms with E-state index in [0.717, 1.165) is 22.7 Å². The topological polar surface area (TPSA) is 101 Å². The van der Waals surface area contributed by atoms with Crippen molar-refractivity contribution in [2.75, 3.05) is 4.90 Å². The summed E-state index contributed by atoms with van der Waals surface area (Å²) in [6, 6.07) is 6.18. The van der Waals surface area contributed by atoms with Crippen LogP contribution >= 0.6 is 34.4 Å². The molecule has 1 aromatic carbocycles. The second kappa shape index (κ2) is 9.79. The van der Waals surface area contributed by atoms with Gasteiger partial charge in [-0.05, 0) is 30.5 Å². The Labute approximate surface area is 190 Å². The van der Waals surface area contributed by atoms with Crippen molar-refractivity contribution >= 4 is 51.4 Å². The molecule has 162 valence electrons. The van der Waals surface area contributed by atoms with Gasteiger partial charge in [0.05, 0.1) is 5.75 Å². The van der Waals surface area contributed by atoms with Gasteiger partial charge in [0.1, 0.15) is 10.8 Å². The second-order valence-corrected chi connectivity index (χ2v) is 10.0. The van der Waals surface area contributed by atoms with E-state index in [1.165, 1.54) is 46.6 Å². The van der Waals surface area contributed by atoms with Gasteiger partial charge in [-0.2, -0.15) is 0 Å². The number of rotatable bonds is 9. The summed E-state index contributed by atoms with van der Waals surface area (Å²) < 4.78 is 13.7. The Balaban J connectivity index is 1.30. The highest BCUT2D eigenvalue weighted by molar-refractivity contribution is 8.00. The Kier molecular flexibility index (Phi) is 6.88. The minimum atomic E-state index is -0.325. The molecule has 1 aliphatic rings. The van der Waals surface area contributed by atoms with E-state index in [2.05, 4.69) is 25.7 Å². The number of thioether (sulfide) groups is 1. The molecule has 0 unspecified atom stereocenters. The molecule has 0 atom stereocenters. The third kappa shape index (κ3) is 5.63. The Morgan fingerprint density at radius 1 is 1.16 bits per heavy atom. The lowest BCUT2D eigenvalue weighted by Gasteiger charge is -2.17. The molecule has 0 radical (unpaired) electrons. The zero-order chi connectivity index (χ0) is 21.8. The summed E-state index contributed by atoms with van der Waals surface area (Å²) in [5, 5.41) is 20.7. The number of hydrogen-bond acceptors (Lipinski definition) is 9. The number of amides is 2. The molecule has 1 aliphatic carbocycles. The summed E-state index contributed by atoms with van der Waals surface area (Å²) in [4.78, 5) is 26.2. The van der Waals surface area contributed by atoms with E-state index in [1.807, 2.05) is 6.92 Å². The molecular weight excluding hydrogens is 459 g/mol. The number of halogens is 1. The number of nitrogens with one attached hydrogen (secondary N) is 1. The van der Waals surface area contributed by atoms with Crippen LogP contribution in [-0.4, -0.2) is 38.3 Å². The molecule has 1 fully saturated rings. The van der Waals surface area contributed by atoms with Crippen LogP contribution in [0.3, 0.4) is 0 Å². The number of carbonyl (C=O) groups excluding carboxylic acids is 2. The fourth-order valence-corrected chi connectivity index (χ4v) is 5.39. The quantitative estimate of drug-likeness (QED) is 0.370. The second-order valence-electron chi connectivity index (χ2n) is 6.80. The van der Waals surface area contributed by atoms with E-state index >= 15 is 0 Å². The Bertz CT molecular complexity index is 1070. The number of nitrogens with zero attached hydrogens (tertiary/aromatic N) is 5. The molecule has 0 spiro atoms.